The van der Waals surface area contributed by atoms with Gasteiger partial charge in [-0.3, -0.25) is 9.59 Å². The molecule has 31 heavy (non-hydrogen) atoms. The van der Waals surface area contributed by atoms with E-state index in [4.69, 9.17) is 0 Å². The van der Waals surface area contributed by atoms with E-state index in [1.54, 1.807) is 12.4 Å². The number of rotatable bonds is 3. The van der Waals surface area contributed by atoms with Gasteiger partial charge in [0, 0.05) is 42.5 Å². The molecule has 6 heteroatoms. The zero-order chi connectivity index (χ0) is 20.9. The highest BCUT2D eigenvalue weighted by atomic mass is 16.2. The molecular formula is C25H24N4O2. The Balaban J connectivity index is 1.22. The second kappa shape index (κ2) is 7.08. The smallest absolute Gasteiger partial charge is 0.254 e. The molecule has 2 amide bonds. The SMILES string of the molecule is O=C(c1cccc(-c2ncc[nH]2)c1)N1CC[C@H]2[C@@H]1CC(=O)N2C1Cc2ccccc2C1. The van der Waals surface area contributed by atoms with Crippen LogP contribution >= 0.6 is 0 Å². The van der Waals surface area contributed by atoms with Crippen molar-refractivity contribution in [2.24, 2.45) is 0 Å². The number of carbonyl (C=O) groups excluding carboxylic acids is 2. The molecule has 2 atom stereocenters. The Kier molecular flexibility index (Phi) is 4.19. The fraction of sp³-hybridized carbons (Fsp3) is 0.320. The zero-order valence-corrected chi connectivity index (χ0v) is 17.2. The molecule has 6 nitrogen and oxygen atoms in total. The number of aromatic nitrogens is 2. The van der Waals surface area contributed by atoms with Crippen LogP contribution in [0.5, 0.6) is 0 Å². The molecule has 3 aliphatic rings. The van der Waals surface area contributed by atoms with Crippen molar-refractivity contribution in [1.29, 1.82) is 0 Å². The Morgan fingerprint density at radius 1 is 1.00 bits per heavy atom. The van der Waals surface area contributed by atoms with E-state index < -0.39 is 0 Å². The molecule has 0 unspecified atom stereocenters. The van der Waals surface area contributed by atoms with Gasteiger partial charge in [0.2, 0.25) is 5.91 Å². The second-order valence-electron chi connectivity index (χ2n) is 8.78. The van der Waals surface area contributed by atoms with Gasteiger partial charge < -0.3 is 14.8 Å². The maximum atomic E-state index is 13.4. The van der Waals surface area contributed by atoms with Crippen molar-refractivity contribution in [2.45, 2.75) is 43.8 Å². The first-order valence-corrected chi connectivity index (χ1v) is 11.0. The highest BCUT2D eigenvalue weighted by Gasteiger charge is 2.51. The van der Waals surface area contributed by atoms with Gasteiger partial charge in [-0.15, -0.1) is 0 Å². The number of nitrogens with one attached hydrogen (secondary N) is 1. The minimum Gasteiger partial charge on any atom is -0.345 e. The Labute approximate surface area is 180 Å². The normalized spacial score (nSPS) is 22.8. The quantitative estimate of drug-likeness (QED) is 0.719. The molecule has 2 fully saturated rings. The summed E-state index contributed by atoms with van der Waals surface area (Å²) >= 11 is 0. The van der Waals surface area contributed by atoms with Crippen LogP contribution in [0.25, 0.3) is 11.4 Å². The minimum absolute atomic E-state index is 0.00487. The monoisotopic (exact) mass is 412 g/mol. The molecular weight excluding hydrogens is 388 g/mol. The fourth-order valence-electron chi connectivity index (χ4n) is 5.72. The second-order valence-corrected chi connectivity index (χ2v) is 8.78. The van der Waals surface area contributed by atoms with Crippen LogP contribution in [0, 0.1) is 0 Å². The Hall–Kier alpha value is -3.41. The Morgan fingerprint density at radius 3 is 2.55 bits per heavy atom. The predicted octanol–water partition coefficient (Wildman–Crippen LogP) is 3.06. The lowest BCUT2D eigenvalue weighted by Gasteiger charge is -2.30. The van der Waals surface area contributed by atoms with Gasteiger partial charge >= 0.3 is 0 Å². The van der Waals surface area contributed by atoms with Gasteiger partial charge in [0.1, 0.15) is 5.82 Å². The first-order chi connectivity index (χ1) is 15.2. The van der Waals surface area contributed by atoms with Gasteiger partial charge in [0.15, 0.2) is 0 Å². The molecule has 2 saturated heterocycles. The van der Waals surface area contributed by atoms with Crippen LogP contribution in [-0.2, 0) is 17.6 Å². The zero-order valence-electron chi connectivity index (χ0n) is 17.2. The summed E-state index contributed by atoms with van der Waals surface area (Å²) in [4.78, 5) is 37.8. The van der Waals surface area contributed by atoms with E-state index in [1.165, 1.54) is 11.1 Å². The third-order valence-corrected chi connectivity index (χ3v) is 7.10. The third-order valence-electron chi connectivity index (χ3n) is 7.10. The van der Waals surface area contributed by atoms with Crippen LogP contribution < -0.4 is 0 Å². The molecule has 0 spiro atoms. The number of carbonyl (C=O) groups is 2. The lowest BCUT2D eigenvalue weighted by atomic mass is 10.1. The van der Waals surface area contributed by atoms with Gasteiger partial charge in [-0.25, -0.2) is 4.98 Å². The average Bonchev–Trinajstić information content (AvgIpc) is 3.56. The maximum Gasteiger partial charge on any atom is 0.254 e. The maximum absolute atomic E-state index is 13.4. The summed E-state index contributed by atoms with van der Waals surface area (Å²) in [7, 11) is 0. The van der Waals surface area contributed by atoms with Crippen molar-refractivity contribution in [3.8, 4) is 11.4 Å². The van der Waals surface area contributed by atoms with E-state index in [1.807, 2.05) is 29.2 Å². The Morgan fingerprint density at radius 2 is 1.81 bits per heavy atom. The van der Waals surface area contributed by atoms with E-state index in [-0.39, 0.29) is 29.9 Å². The molecule has 3 heterocycles. The van der Waals surface area contributed by atoms with Crippen molar-refractivity contribution in [1.82, 2.24) is 19.8 Å². The van der Waals surface area contributed by atoms with Crippen molar-refractivity contribution in [3.05, 3.63) is 77.6 Å². The summed E-state index contributed by atoms with van der Waals surface area (Å²) in [5.74, 6) is 0.942. The van der Waals surface area contributed by atoms with Gasteiger partial charge in [0.05, 0.1) is 12.1 Å². The first-order valence-electron chi connectivity index (χ1n) is 11.0. The highest BCUT2D eigenvalue weighted by Crippen LogP contribution is 2.38. The number of nitrogens with zero attached hydrogens (tertiary/aromatic N) is 3. The average molecular weight is 412 g/mol. The van der Waals surface area contributed by atoms with E-state index in [2.05, 4.69) is 39.1 Å². The number of aromatic amines is 1. The van der Waals surface area contributed by atoms with Crippen molar-refractivity contribution in [3.63, 3.8) is 0 Å². The van der Waals surface area contributed by atoms with Crippen LogP contribution in [0.3, 0.4) is 0 Å². The van der Waals surface area contributed by atoms with Gasteiger partial charge in [-0.1, -0.05) is 36.4 Å². The largest absolute Gasteiger partial charge is 0.345 e. The van der Waals surface area contributed by atoms with Crippen LogP contribution in [0.1, 0.15) is 34.3 Å². The van der Waals surface area contributed by atoms with E-state index in [9.17, 15) is 9.59 Å². The number of benzene rings is 2. The molecule has 6 rings (SSSR count). The van der Waals surface area contributed by atoms with E-state index in [0.29, 0.717) is 18.5 Å². The molecule has 2 aromatic carbocycles. The van der Waals surface area contributed by atoms with E-state index in [0.717, 1.165) is 30.7 Å². The van der Waals surface area contributed by atoms with Crippen LogP contribution in [0.4, 0.5) is 0 Å². The van der Waals surface area contributed by atoms with Crippen molar-refractivity contribution in [2.75, 3.05) is 6.54 Å². The molecule has 3 aromatic rings. The summed E-state index contributed by atoms with van der Waals surface area (Å²) in [5.41, 5.74) is 4.24. The number of amides is 2. The molecule has 1 aromatic heterocycles. The van der Waals surface area contributed by atoms with Crippen LogP contribution in [0.15, 0.2) is 60.9 Å². The molecule has 0 saturated carbocycles. The Bertz CT molecular complexity index is 1130. The number of H-pyrrole nitrogens is 1. The van der Waals surface area contributed by atoms with Crippen molar-refractivity contribution >= 4 is 11.8 Å². The van der Waals surface area contributed by atoms with Crippen LogP contribution in [-0.4, -0.2) is 56.3 Å². The molecule has 1 N–H and O–H groups in total. The number of likely N-dealkylation sites (tertiary alicyclic amines) is 2. The lowest BCUT2D eigenvalue weighted by molar-refractivity contribution is -0.131. The van der Waals surface area contributed by atoms with Crippen molar-refractivity contribution < 1.29 is 9.59 Å². The van der Waals surface area contributed by atoms with Crippen LogP contribution in [0.2, 0.25) is 0 Å². The fourth-order valence-corrected chi connectivity index (χ4v) is 5.72. The minimum atomic E-state index is -0.0315. The standard InChI is InChI=1S/C25H24N4O2/c30-23-15-22-21(29(23)20-13-16-4-1-2-5-17(16)14-20)8-11-28(22)25(31)19-7-3-6-18(12-19)24-26-9-10-27-24/h1-7,9-10,12,20-22H,8,11,13-15H2,(H,26,27)/t21-,22-/m0/s1. The van der Waals surface area contributed by atoms with Gasteiger partial charge in [-0.05, 0) is 42.5 Å². The van der Waals surface area contributed by atoms with Gasteiger partial charge in [-0.2, -0.15) is 0 Å². The number of hydrogen-bond acceptors (Lipinski definition) is 3. The number of hydrogen-bond donors (Lipinski definition) is 1. The summed E-state index contributed by atoms with van der Waals surface area (Å²) in [6.45, 7) is 0.697. The predicted molar refractivity (Wildman–Crippen MR) is 116 cm³/mol. The van der Waals surface area contributed by atoms with Gasteiger partial charge in [0.25, 0.3) is 5.91 Å². The number of imidazole rings is 1. The lowest BCUT2D eigenvalue weighted by Crippen LogP contribution is -2.45. The summed E-state index contributed by atoms with van der Waals surface area (Å²) in [5, 5.41) is 0. The third kappa shape index (κ3) is 2.97. The molecule has 156 valence electrons. The molecule has 0 bridgehead atoms. The molecule has 2 aliphatic heterocycles. The number of fused-ring (bicyclic) bond motifs is 2. The molecule has 0 radical (unpaired) electrons. The molecule has 1 aliphatic carbocycles. The topological polar surface area (TPSA) is 69.3 Å². The van der Waals surface area contributed by atoms with E-state index >= 15 is 0 Å². The summed E-state index contributed by atoms with van der Waals surface area (Å²) < 4.78 is 0. The highest BCUT2D eigenvalue weighted by molar-refractivity contribution is 5.96. The summed E-state index contributed by atoms with van der Waals surface area (Å²) in [6, 6.07) is 16.4. The first kappa shape index (κ1) is 18.4. The summed E-state index contributed by atoms with van der Waals surface area (Å²) in [6.07, 6.45) is 6.60.